The fourth-order valence-electron chi connectivity index (χ4n) is 5.95. The average Bonchev–Trinajstić information content (AvgIpc) is 3.42. The zero-order valence-electron chi connectivity index (χ0n) is 23.7. The molecule has 3 aromatic rings. The van der Waals surface area contributed by atoms with Gasteiger partial charge >= 0.3 is 0 Å². The topological polar surface area (TPSA) is 67.6 Å². The van der Waals surface area contributed by atoms with Crippen LogP contribution in [0.4, 0.5) is 0 Å². The van der Waals surface area contributed by atoms with Gasteiger partial charge in [0.15, 0.2) is 0 Å². The second-order valence-electron chi connectivity index (χ2n) is 11.6. The minimum absolute atomic E-state index is 0.0968. The van der Waals surface area contributed by atoms with Gasteiger partial charge in [0.2, 0.25) is 0 Å². The Balaban J connectivity index is 1.42. The summed E-state index contributed by atoms with van der Waals surface area (Å²) in [5.74, 6) is 7.47. The number of ether oxygens (including phenoxy) is 1. The average molecular weight is 548 g/mol. The highest BCUT2D eigenvalue weighted by Gasteiger charge is 2.39. The van der Waals surface area contributed by atoms with E-state index in [0.29, 0.717) is 34.6 Å². The van der Waals surface area contributed by atoms with Crippen LogP contribution >= 0.6 is 11.3 Å². The van der Waals surface area contributed by atoms with Crippen molar-refractivity contribution in [2.75, 3.05) is 7.05 Å². The molecule has 2 fully saturated rings. The minimum atomic E-state index is -0.663. The Labute approximate surface area is 236 Å². The molecule has 5 rings (SSSR count). The van der Waals surface area contributed by atoms with Gasteiger partial charge in [0, 0.05) is 12.1 Å². The molecule has 0 spiro atoms. The molecule has 1 N–H and O–H groups in total. The van der Waals surface area contributed by atoms with E-state index < -0.39 is 6.10 Å². The Morgan fingerprint density at radius 1 is 1.18 bits per heavy atom. The van der Waals surface area contributed by atoms with Gasteiger partial charge in [-0.05, 0) is 87.7 Å². The number of fused-ring (bicyclic) bond motifs is 3. The second-order valence-corrected chi connectivity index (χ2v) is 12.7. The molecule has 4 atom stereocenters. The number of aryl methyl sites for hydroxylation is 1. The van der Waals surface area contributed by atoms with Gasteiger partial charge in [-0.25, -0.2) is 4.98 Å². The van der Waals surface area contributed by atoms with Crippen LogP contribution in [-0.4, -0.2) is 50.9 Å². The van der Waals surface area contributed by atoms with Gasteiger partial charge < -0.3 is 14.7 Å². The molecule has 0 saturated carbocycles. The van der Waals surface area contributed by atoms with Crippen molar-refractivity contribution in [3.63, 3.8) is 0 Å². The first-order valence-corrected chi connectivity index (χ1v) is 15.4. The van der Waals surface area contributed by atoms with Crippen molar-refractivity contribution in [3.8, 4) is 23.3 Å². The summed E-state index contributed by atoms with van der Waals surface area (Å²) < 4.78 is 8.89. The van der Waals surface area contributed by atoms with E-state index in [1.165, 1.54) is 42.6 Å². The lowest BCUT2D eigenvalue weighted by atomic mass is 9.99. The van der Waals surface area contributed by atoms with Crippen LogP contribution in [0.2, 0.25) is 0 Å². The lowest BCUT2D eigenvalue weighted by Crippen LogP contribution is -2.43. The lowest BCUT2D eigenvalue weighted by Gasteiger charge is -2.36. The Morgan fingerprint density at radius 3 is 2.67 bits per heavy atom. The Morgan fingerprint density at radius 2 is 1.95 bits per heavy atom. The van der Waals surface area contributed by atoms with Crippen molar-refractivity contribution in [1.29, 1.82) is 0 Å². The first-order chi connectivity index (χ1) is 18.8. The lowest BCUT2D eigenvalue weighted by molar-refractivity contribution is 0.0655. The standard InChI is InChI=1S/C32H41N3O3S/c1-5-26(36)13-14-28-19-29-31(39-28)32(37)35(20-33-29)25-12-15-30(22(16-25)9-7-6-8-21(2)3)38-27-17-23-10-11-24(18-27)34(23)4/h12,15-16,19-21,23-24,26-27,36H,5-11,17-18H2,1-4H3/t23-,24+,26?,27?. The van der Waals surface area contributed by atoms with Crippen molar-refractivity contribution < 1.29 is 9.84 Å². The molecule has 39 heavy (non-hydrogen) atoms. The number of piperidine rings is 1. The van der Waals surface area contributed by atoms with E-state index >= 15 is 0 Å². The Hall–Kier alpha value is -2.66. The van der Waals surface area contributed by atoms with Crippen LogP contribution in [0.3, 0.4) is 0 Å². The number of rotatable bonds is 9. The quantitative estimate of drug-likeness (QED) is 0.265. The van der Waals surface area contributed by atoms with Crippen molar-refractivity contribution in [1.82, 2.24) is 14.5 Å². The zero-order valence-corrected chi connectivity index (χ0v) is 24.5. The summed E-state index contributed by atoms with van der Waals surface area (Å²) in [6.07, 6.45) is 10.9. The van der Waals surface area contributed by atoms with Crippen LogP contribution < -0.4 is 10.3 Å². The zero-order chi connectivity index (χ0) is 27.5. The largest absolute Gasteiger partial charge is 0.490 e. The maximum absolute atomic E-state index is 13.5. The fourth-order valence-corrected chi connectivity index (χ4v) is 6.85. The maximum atomic E-state index is 13.5. The highest BCUT2D eigenvalue weighted by Crippen LogP contribution is 2.37. The second kappa shape index (κ2) is 12.2. The number of nitrogens with zero attached hydrogens (tertiary/aromatic N) is 3. The highest BCUT2D eigenvalue weighted by atomic mass is 32.1. The summed E-state index contributed by atoms with van der Waals surface area (Å²) in [4.78, 5) is 21.3. The molecular formula is C32H41N3O3S. The van der Waals surface area contributed by atoms with E-state index in [0.717, 1.165) is 42.0 Å². The Kier molecular flexibility index (Phi) is 8.76. The number of unbranched alkanes of at least 4 members (excludes halogenated alkanes) is 1. The van der Waals surface area contributed by atoms with Crippen LogP contribution in [0.1, 0.15) is 82.6 Å². The molecule has 2 unspecified atom stereocenters. The molecule has 2 bridgehead atoms. The summed E-state index contributed by atoms with van der Waals surface area (Å²) in [6.45, 7) is 6.43. The predicted octanol–water partition coefficient (Wildman–Crippen LogP) is 5.94. The van der Waals surface area contributed by atoms with E-state index in [2.05, 4.69) is 54.8 Å². The van der Waals surface area contributed by atoms with Gasteiger partial charge in [0.05, 0.1) is 16.1 Å². The molecule has 0 aliphatic carbocycles. The molecule has 2 aliphatic rings. The summed E-state index contributed by atoms with van der Waals surface area (Å²) in [5, 5.41) is 9.78. The number of aliphatic hydroxyl groups is 1. The number of benzene rings is 1. The normalized spacial score (nSPS) is 21.7. The van der Waals surface area contributed by atoms with Crippen molar-refractivity contribution >= 4 is 21.6 Å². The smallest absolute Gasteiger partial charge is 0.275 e. The third kappa shape index (κ3) is 6.40. The number of aromatic nitrogens is 2. The number of hydrogen-bond acceptors (Lipinski definition) is 6. The summed E-state index contributed by atoms with van der Waals surface area (Å²) >= 11 is 1.33. The van der Waals surface area contributed by atoms with Gasteiger partial charge in [-0.3, -0.25) is 9.36 Å². The van der Waals surface area contributed by atoms with Crippen molar-refractivity contribution in [3.05, 3.63) is 51.4 Å². The van der Waals surface area contributed by atoms with Crippen LogP contribution in [-0.2, 0) is 6.42 Å². The van der Waals surface area contributed by atoms with E-state index in [4.69, 9.17) is 4.74 Å². The molecule has 208 valence electrons. The highest BCUT2D eigenvalue weighted by molar-refractivity contribution is 7.19. The van der Waals surface area contributed by atoms with Gasteiger partial charge in [0.1, 0.15) is 29.0 Å². The van der Waals surface area contributed by atoms with Crippen LogP contribution in [0, 0.1) is 17.8 Å². The van der Waals surface area contributed by atoms with E-state index in [1.807, 2.05) is 19.1 Å². The SMILES string of the molecule is CCC(O)C#Cc1cc2ncn(-c3ccc(OC4C[C@H]5CC[C@@H](C4)N5C)c(CCCCC(C)C)c3)c(=O)c2s1. The van der Waals surface area contributed by atoms with Gasteiger partial charge in [-0.1, -0.05) is 45.5 Å². The maximum Gasteiger partial charge on any atom is 0.275 e. The summed E-state index contributed by atoms with van der Waals surface area (Å²) in [6, 6.07) is 9.25. The molecule has 2 aromatic heterocycles. The molecule has 4 heterocycles. The molecular weight excluding hydrogens is 506 g/mol. The van der Waals surface area contributed by atoms with Gasteiger partial charge in [0.25, 0.3) is 5.56 Å². The molecule has 0 radical (unpaired) electrons. The van der Waals surface area contributed by atoms with E-state index in [-0.39, 0.29) is 11.7 Å². The van der Waals surface area contributed by atoms with Crippen LogP contribution in [0.25, 0.3) is 15.9 Å². The van der Waals surface area contributed by atoms with Crippen LogP contribution in [0.15, 0.2) is 35.4 Å². The Bertz CT molecular complexity index is 1400. The van der Waals surface area contributed by atoms with Crippen molar-refractivity contribution in [2.45, 2.75) is 103 Å². The monoisotopic (exact) mass is 547 g/mol. The van der Waals surface area contributed by atoms with Crippen LogP contribution in [0.5, 0.6) is 5.75 Å². The fraction of sp³-hybridized carbons (Fsp3) is 0.562. The van der Waals surface area contributed by atoms with Gasteiger partial charge in [-0.15, -0.1) is 11.3 Å². The third-order valence-electron chi connectivity index (χ3n) is 8.33. The summed E-state index contributed by atoms with van der Waals surface area (Å²) in [7, 11) is 2.26. The number of aliphatic hydroxyl groups excluding tert-OH is 1. The summed E-state index contributed by atoms with van der Waals surface area (Å²) in [5.41, 5.74) is 2.52. The predicted molar refractivity (Wildman–Crippen MR) is 159 cm³/mol. The number of hydrogen-bond donors (Lipinski definition) is 1. The molecule has 1 aromatic carbocycles. The van der Waals surface area contributed by atoms with E-state index in [9.17, 15) is 9.90 Å². The van der Waals surface area contributed by atoms with E-state index in [1.54, 1.807) is 10.9 Å². The molecule has 0 amide bonds. The number of thiophene rings is 1. The first kappa shape index (κ1) is 27.9. The molecule has 6 nitrogen and oxygen atoms in total. The minimum Gasteiger partial charge on any atom is -0.490 e. The first-order valence-electron chi connectivity index (χ1n) is 14.5. The molecule has 7 heteroatoms. The van der Waals surface area contributed by atoms with Gasteiger partial charge in [-0.2, -0.15) is 0 Å². The molecule has 2 saturated heterocycles. The molecule has 2 aliphatic heterocycles. The van der Waals surface area contributed by atoms with Crippen molar-refractivity contribution in [2.24, 2.45) is 5.92 Å². The third-order valence-corrected chi connectivity index (χ3v) is 9.36.